The third-order valence-electron chi connectivity index (χ3n) is 10.4. The van der Waals surface area contributed by atoms with Crippen LogP contribution in [0.1, 0.15) is 91.4 Å². The normalized spacial score (nSPS) is 15.6. The molecule has 0 N–H and O–H groups in total. The van der Waals surface area contributed by atoms with Crippen molar-refractivity contribution in [3.8, 4) is 22.3 Å². The van der Waals surface area contributed by atoms with Crippen LogP contribution < -0.4 is 24.8 Å². The minimum Gasteiger partial charge on any atom is -1.00 e. The Hall–Kier alpha value is -3.62. The predicted octanol–water partition coefficient (Wildman–Crippen LogP) is 6.44. The van der Waals surface area contributed by atoms with E-state index in [1.807, 2.05) is 0 Å². The summed E-state index contributed by atoms with van der Waals surface area (Å²) in [4.78, 5) is 0. The van der Waals surface area contributed by atoms with Crippen LogP contribution in [0, 0.1) is 0 Å². The summed E-state index contributed by atoms with van der Waals surface area (Å²) in [6.45, 7) is 8.77. The van der Waals surface area contributed by atoms with Crippen molar-refractivity contribution in [2.24, 2.45) is 0 Å². The summed E-state index contributed by atoms with van der Waals surface area (Å²) >= 11 is -1.30. The number of rotatable bonds is 10. The van der Waals surface area contributed by atoms with E-state index < -0.39 is 23.2 Å². The van der Waals surface area contributed by atoms with E-state index >= 15 is 0 Å². The number of furan rings is 2. The molecule has 0 amide bonds. The first kappa shape index (κ1) is 37.2. The molecule has 8 rings (SSSR count). The molecule has 0 radical (unpaired) electrons. The van der Waals surface area contributed by atoms with Crippen LogP contribution in [0.2, 0.25) is 0 Å². The first-order valence-corrected chi connectivity index (χ1v) is 20.7. The van der Waals surface area contributed by atoms with Crippen molar-refractivity contribution in [1.82, 2.24) is 0 Å². The van der Waals surface area contributed by atoms with Gasteiger partial charge in [0.15, 0.2) is 0 Å². The molecular formula is C46H42Cl2O2Zr. The van der Waals surface area contributed by atoms with Gasteiger partial charge in [0.2, 0.25) is 0 Å². The Morgan fingerprint density at radius 2 is 0.882 bits per heavy atom. The van der Waals surface area contributed by atoms with Gasteiger partial charge in [-0.1, -0.05) is 0 Å². The smallest absolute Gasteiger partial charge is 1.00 e. The van der Waals surface area contributed by atoms with Crippen molar-refractivity contribution in [1.29, 1.82) is 0 Å². The molecule has 0 fully saturated rings. The van der Waals surface area contributed by atoms with Crippen LogP contribution in [-0.4, -0.2) is 0 Å². The molecule has 0 saturated heterocycles. The Labute approximate surface area is 326 Å². The summed E-state index contributed by atoms with van der Waals surface area (Å²) < 4.78 is 13.7. The molecule has 0 saturated carbocycles. The van der Waals surface area contributed by atoms with Gasteiger partial charge in [-0.25, -0.2) is 0 Å². The number of allylic oxidation sites excluding steroid dienone is 2. The molecule has 2 aromatic heterocycles. The molecule has 51 heavy (non-hydrogen) atoms. The van der Waals surface area contributed by atoms with E-state index in [1.54, 1.807) is 0 Å². The molecule has 5 heteroatoms. The topological polar surface area (TPSA) is 26.3 Å². The molecule has 2 nitrogen and oxygen atoms in total. The third-order valence-corrected chi connectivity index (χ3v) is 15.1. The van der Waals surface area contributed by atoms with Crippen LogP contribution in [0.4, 0.5) is 0 Å². The van der Waals surface area contributed by atoms with Gasteiger partial charge >= 0.3 is 304 Å². The van der Waals surface area contributed by atoms with E-state index in [9.17, 15) is 0 Å². The second-order valence-electron chi connectivity index (χ2n) is 13.2. The van der Waals surface area contributed by atoms with E-state index in [0.717, 1.165) is 48.7 Å². The van der Waals surface area contributed by atoms with E-state index in [-0.39, 0.29) is 24.8 Å². The third kappa shape index (κ3) is 6.98. The maximum absolute atomic E-state index is 6.54. The van der Waals surface area contributed by atoms with Crippen LogP contribution in [0.5, 0.6) is 0 Å². The second kappa shape index (κ2) is 16.0. The van der Waals surface area contributed by atoms with Gasteiger partial charge in [0.25, 0.3) is 0 Å². The van der Waals surface area contributed by atoms with Crippen LogP contribution >= 0.6 is 0 Å². The molecule has 0 bridgehead atoms. The van der Waals surface area contributed by atoms with Crippen LogP contribution in [0.25, 0.3) is 45.6 Å². The molecule has 4 aromatic carbocycles. The number of hydrogen-bond donors (Lipinski definition) is 0. The average Bonchev–Trinajstić information content (AvgIpc) is 3.97. The van der Waals surface area contributed by atoms with Crippen molar-refractivity contribution >= 4 is 23.3 Å². The summed E-state index contributed by atoms with van der Waals surface area (Å²) in [5.41, 5.74) is 16.2. The van der Waals surface area contributed by atoms with Crippen LogP contribution in [0.15, 0.2) is 118 Å². The van der Waals surface area contributed by atoms with E-state index in [4.69, 9.17) is 8.83 Å². The maximum Gasteiger partial charge on any atom is -1.00 e. The standard InChI is InChI=1S/2C23H21O.2ClH.Zr/c2*1-3-16-8-10-17(11-9-16)21-7-5-6-18-14-19(15-22(18)21)23-13-12-20(4-2)24-23;;;/h2*5-15H,3-4H2,1-2H3;2*1H;/q;;;;+2/p-2. The van der Waals surface area contributed by atoms with Crippen molar-refractivity contribution in [2.75, 3.05) is 0 Å². The van der Waals surface area contributed by atoms with Gasteiger partial charge < -0.3 is 24.8 Å². The minimum atomic E-state index is -1.30. The number of benzene rings is 4. The first-order valence-electron chi connectivity index (χ1n) is 17.9. The van der Waals surface area contributed by atoms with Gasteiger partial charge in [-0.3, -0.25) is 0 Å². The summed E-state index contributed by atoms with van der Waals surface area (Å²) in [6.07, 6.45) is 8.78. The molecule has 0 aliphatic heterocycles. The molecule has 6 aromatic rings. The number of hydrogen-bond acceptors (Lipinski definition) is 2. The van der Waals surface area contributed by atoms with Crippen LogP contribution in [-0.2, 0) is 48.9 Å². The minimum absolute atomic E-state index is 0. The Bertz CT molecular complexity index is 2040. The molecule has 2 aliphatic rings. The molecular weight excluding hydrogens is 747 g/mol. The maximum atomic E-state index is 6.54. The summed E-state index contributed by atoms with van der Waals surface area (Å²) in [6, 6.07) is 40.9. The summed E-state index contributed by atoms with van der Waals surface area (Å²) in [5.74, 6) is 4.12. The Morgan fingerprint density at radius 1 is 0.471 bits per heavy atom. The van der Waals surface area contributed by atoms with Crippen molar-refractivity contribution in [2.45, 2.75) is 60.6 Å². The van der Waals surface area contributed by atoms with Gasteiger partial charge in [0, 0.05) is 0 Å². The van der Waals surface area contributed by atoms with Gasteiger partial charge in [-0.05, 0) is 0 Å². The van der Waals surface area contributed by atoms with Crippen molar-refractivity contribution in [3.05, 3.63) is 166 Å². The Balaban J connectivity index is 0.00000224. The zero-order valence-electron chi connectivity index (χ0n) is 29.6. The summed E-state index contributed by atoms with van der Waals surface area (Å²) in [5, 5.41) is 0. The number of aryl methyl sites for hydroxylation is 4. The van der Waals surface area contributed by atoms with E-state index in [2.05, 4.69) is 149 Å². The average molecular weight is 789 g/mol. The fourth-order valence-electron chi connectivity index (χ4n) is 7.55. The Morgan fingerprint density at radius 3 is 1.24 bits per heavy atom. The van der Waals surface area contributed by atoms with Gasteiger partial charge in [0.1, 0.15) is 0 Å². The number of fused-ring (bicyclic) bond motifs is 2. The zero-order valence-corrected chi connectivity index (χ0v) is 33.6. The monoisotopic (exact) mass is 786 g/mol. The molecule has 2 unspecified atom stereocenters. The predicted molar refractivity (Wildman–Crippen MR) is 200 cm³/mol. The molecule has 0 spiro atoms. The van der Waals surface area contributed by atoms with Gasteiger partial charge in [-0.2, -0.15) is 0 Å². The largest absolute Gasteiger partial charge is 1.00 e. The second-order valence-corrected chi connectivity index (χ2v) is 16.8. The molecule has 2 aliphatic carbocycles. The molecule has 2 heterocycles. The van der Waals surface area contributed by atoms with Gasteiger partial charge in [-0.15, -0.1) is 0 Å². The summed E-state index contributed by atoms with van der Waals surface area (Å²) in [7, 11) is 0. The van der Waals surface area contributed by atoms with Gasteiger partial charge in [0.05, 0.1) is 0 Å². The van der Waals surface area contributed by atoms with Crippen LogP contribution in [0.3, 0.4) is 0 Å². The molecule has 2 atom stereocenters. The zero-order chi connectivity index (χ0) is 33.5. The SMILES string of the molecule is CCc1ccc(-c2cccc3c2C=C(c2ccc(CC)o2)[CH]3[Zr+2][CH]2C(c3ccc(CC)o3)=Cc3c(-c4ccc(CC)cc4)cccc32)cc1.[Cl-].[Cl-]. The van der Waals surface area contributed by atoms with Crippen molar-refractivity contribution < 1.29 is 56.9 Å². The fourth-order valence-corrected chi connectivity index (χ4v) is 12.5. The Kier molecular flexibility index (Phi) is 11.6. The fraction of sp³-hybridized carbons (Fsp3) is 0.217. The molecule has 256 valence electrons. The van der Waals surface area contributed by atoms with E-state index in [0.29, 0.717) is 7.25 Å². The van der Waals surface area contributed by atoms with Crippen molar-refractivity contribution in [3.63, 3.8) is 0 Å². The first-order chi connectivity index (χ1) is 24.1. The number of halogens is 2. The van der Waals surface area contributed by atoms with E-state index in [1.165, 1.54) is 66.8 Å². The quantitative estimate of drug-likeness (QED) is 0.160.